The van der Waals surface area contributed by atoms with E-state index in [0.717, 1.165) is 26.1 Å². The molecule has 5 nitrogen and oxygen atoms in total. The summed E-state index contributed by atoms with van der Waals surface area (Å²) in [7, 11) is 0. The van der Waals surface area contributed by atoms with Crippen LogP contribution in [0, 0.1) is 0 Å². The topological polar surface area (TPSA) is 52.8 Å². The van der Waals surface area contributed by atoms with E-state index in [1.54, 1.807) is 0 Å². The van der Waals surface area contributed by atoms with Crippen LogP contribution in [0.4, 0.5) is 0 Å². The van der Waals surface area contributed by atoms with Crippen molar-refractivity contribution in [3.63, 3.8) is 0 Å². The lowest BCUT2D eigenvalue weighted by atomic mass is 10.0. The van der Waals surface area contributed by atoms with Gasteiger partial charge in [0, 0.05) is 13.2 Å². The molecule has 6 unspecified atom stereocenters. The molecule has 0 spiro atoms. The van der Waals surface area contributed by atoms with Crippen molar-refractivity contribution in [1.29, 1.82) is 0 Å². The monoisotopic (exact) mass is 298 g/mol. The number of rotatable bonds is 6. The van der Waals surface area contributed by atoms with E-state index >= 15 is 0 Å². The Labute approximate surface area is 126 Å². The van der Waals surface area contributed by atoms with Gasteiger partial charge in [0.25, 0.3) is 0 Å². The molecule has 4 saturated heterocycles. The first-order valence-corrected chi connectivity index (χ1v) is 8.54. The summed E-state index contributed by atoms with van der Waals surface area (Å²) in [4.78, 5) is 0. The Bertz CT molecular complexity index is 306. The molecular weight excluding hydrogens is 272 g/mol. The largest absolute Gasteiger partial charge is 0.376 e. The first-order valence-electron chi connectivity index (χ1n) is 8.54. The fourth-order valence-electron chi connectivity index (χ4n) is 3.59. The van der Waals surface area contributed by atoms with E-state index in [1.807, 2.05) is 0 Å². The van der Waals surface area contributed by atoms with Crippen LogP contribution >= 0.6 is 0 Å². The van der Waals surface area contributed by atoms with Gasteiger partial charge in [-0.05, 0) is 38.5 Å². The standard InChI is InChI=1S/C16H26O5/c1-3-7-18-11(5-1)15-13(20-15)9-17-10-14-16(21-14)12-6-2-4-8-19-12/h11-16H,1-10H2. The van der Waals surface area contributed by atoms with E-state index in [2.05, 4.69) is 0 Å². The zero-order chi connectivity index (χ0) is 14.1. The maximum Gasteiger partial charge on any atom is 0.113 e. The molecule has 0 radical (unpaired) electrons. The molecule has 4 rings (SSSR count). The van der Waals surface area contributed by atoms with E-state index in [4.69, 9.17) is 23.7 Å². The highest BCUT2D eigenvalue weighted by Crippen LogP contribution is 2.34. The van der Waals surface area contributed by atoms with E-state index in [-0.39, 0.29) is 24.4 Å². The Balaban J connectivity index is 1.09. The molecule has 6 atom stereocenters. The van der Waals surface area contributed by atoms with Crippen LogP contribution in [-0.4, -0.2) is 63.1 Å². The molecule has 0 amide bonds. The van der Waals surface area contributed by atoms with Gasteiger partial charge in [0.1, 0.15) is 24.4 Å². The summed E-state index contributed by atoms with van der Waals surface area (Å²) in [6.07, 6.45) is 8.76. The SMILES string of the molecule is C1CCC(C2OC2COCC2OC2C2CCCCO2)OC1. The van der Waals surface area contributed by atoms with Gasteiger partial charge < -0.3 is 23.7 Å². The molecule has 120 valence electrons. The third kappa shape index (κ3) is 3.59. The van der Waals surface area contributed by atoms with Gasteiger partial charge in [0.05, 0.1) is 25.4 Å². The Kier molecular flexibility index (Phi) is 4.46. The molecule has 4 fully saturated rings. The molecular formula is C16H26O5. The van der Waals surface area contributed by atoms with Gasteiger partial charge in [-0.3, -0.25) is 0 Å². The highest BCUT2D eigenvalue weighted by atomic mass is 16.7. The van der Waals surface area contributed by atoms with Crippen LogP contribution < -0.4 is 0 Å². The quantitative estimate of drug-likeness (QED) is 0.698. The third-order valence-electron chi connectivity index (χ3n) is 4.97. The minimum atomic E-state index is 0.233. The second-order valence-corrected chi connectivity index (χ2v) is 6.63. The molecule has 0 saturated carbocycles. The summed E-state index contributed by atoms with van der Waals surface area (Å²) < 4.78 is 28.6. The summed E-state index contributed by atoms with van der Waals surface area (Å²) in [5, 5.41) is 0. The van der Waals surface area contributed by atoms with Crippen molar-refractivity contribution in [1.82, 2.24) is 0 Å². The van der Waals surface area contributed by atoms with E-state index in [9.17, 15) is 0 Å². The van der Waals surface area contributed by atoms with E-state index in [1.165, 1.54) is 25.7 Å². The third-order valence-corrected chi connectivity index (χ3v) is 4.97. The molecule has 0 aromatic carbocycles. The minimum absolute atomic E-state index is 0.233. The number of ether oxygens (including phenoxy) is 5. The Morgan fingerprint density at radius 3 is 1.67 bits per heavy atom. The van der Waals surface area contributed by atoms with Crippen LogP contribution in [0.5, 0.6) is 0 Å². The fourth-order valence-corrected chi connectivity index (χ4v) is 3.59. The first-order chi connectivity index (χ1) is 10.4. The molecule has 21 heavy (non-hydrogen) atoms. The van der Waals surface area contributed by atoms with Gasteiger partial charge in [-0.2, -0.15) is 0 Å². The van der Waals surface area contributed by atoms with Gasteiger partial charge >= 0.3 is 0 Å². The predicted octanol–water partition coefficient (Wildman–Crippen LogP) is 1.68. The number of epoxide rings is 2. The van der Waals surface area contributed by atoms with Crippen molar-refractivity contribution >= 4 is 0 Å². The second kappa shape index (κ2) is 6.50. The minimum Gasteiger partial charge on any atom is -0.376 e. The number of hydrogen-bond acceptors (Lipinski definition) is 5. The first kappa shape index (κ1) is 14.4. The van der Waals surface area contributed by atoms with Crippen LogP contribution in [-0.2, 0) is 23.7 Å². The van der Waals surface area contributed by atoms with Gasteiger partial charge in [-0.15, -0.1) is 0 Å². The summed E-state index contributed by atoms with van der Waals surface area (Å²) in [6.45, 7) is 3.11. The fraction of sp³-hybridized carbons (Fsp3) is 1.00. The summed E-state index contributed by atoms with van der Waals surface area (Å²) >= 11 is 0. The zero-order valence-electron chi connectivity index (χ0n) is 12.6. The summed E-state index contributed by atoms with van der Waals surface area (Å²) in [5.41, 5.74) is 0. The smallest absolute Gasteiger partial charge is 0.113 e. The summed E-state index contributed by atoms with van der Waals surface area (Å²) in [5.74, 6) is 0. The van der Waals surface area contributed by atoms with Crippen molar-refractivity contribution in [3.8, 4) is 0 Å². The molecule has 0 aromatic rings. The van der Waals surface area contributed by atoms with E-state index < -0.39 is 0 Å². The van der Waals surface area contributed by atoms with Crippen molar-refractivity contribution in [2.75, 3.05) is 26.4 Å². The highest BCUT2D eigenvalue weighted by Gasteiger charge is 2.48. The molecule has 4 aliphatic heterocycles. The van der Waals surface area contributed by atoms with Crippen molar-refractivity contribution in [2.45, 2.75) is 75.1 Å². The van der Waals surface area contributed by atoms with Crippen LogP contribution in [0.2, 0.25) is 0 Å². The highest BCUT2D eigenvalue weighted by molar-refractivity contribution is 4.94. The molecule has 5 heteroatoms. The molecule has 0 aromatic heterocycles. The van der Waals surface area contributed by atoms with E-state index in [0.29, 0.717) is 25.4 Å². The maximum atomic E-state index is 5.76. The van der Waals surface area contributed by atoms with Crippen molar-refractivity contribution in [3.05, 3.63) is 0 Å². The van der Waals surface area contributed by atoms with Crippen molar-refractivity contribution in [2.24, 2.45) is 0 Å². The molecule has 4 heterocycles. The van der Waals surface area contributed by atoms with Crippen LogP contribution in [0.1, 0.15) is 38.5 Å². The predicted molar refractivity (Wildman–Crippen MR) is 75.3 cm³/mol. The molecule has 0 bridgehead atoms. The average Bonchev–Trinajstić information content (AvgIpc) is 3.45. The lowest BCUT2D eigenvalue weighted by Crippen LogP contribution is -2.28. The molecule has 0 aliphatic carbocycles. The normalized spacial score (nSPS) is 46.3. The number of hydrogen-bond donors (Lipinski definition) is 0. The summed E-state index contributed by atoms with van der Waals surface area (Å²) in [6, 6.07) is 0. The Hall–Kier alpha value is -0.200. The van der Waals surface area contributed by atoms with Crippen LogP contribution in [0.25, 0.3) is 0 Å². The van der Waals surface area contributed by atoms with Crippen LogP contribution in [0.3, 0.4) is 0 Å². The molecule has 0 N–H and O–H groups in total. The van der Waals surface area contributed by atoms with Gasteiger partial charge in [-0.25, -0.2) is 0 Å². The lowest BCUT2D eigenvalue weighted by molar-refractivity contribution is -0.000820. The second-order valence-electron chi connectivity index (χ2n) is 6.63. The van der Waals surface area contributed by atoms with Crippen LogP contribution in [0.15, 0.2) is 0 Å². The van der Waals surface area contributed by atoms with Gasteiger partial charge in [0.15, 0.2) is 0 Å². The zero-order valence-corrected chi connectivity index (χ0v) is 12.6. The van der Waals surface area contributed by atoms with Gasteiger partial charge in [-0.1, -0.05) is 0 Å². The average molecular weight is 298 g/mol. The maximum absolute atomic E-state index is 5.76. The lowest BCUT2D eigenvalue weighted by Gasteiger charge is -2.21. The Morgan fingerprint density at radius 2 is 1.24 bits per heavy atom. The van der Waals surface area contributed by atoms with Crippen molar-refractivity contribution < 1.29 is 23.7 Å². The van der Waals surface area contributed by atoms with Gasteiger partial charge in [0.2, 0.25) is 0 Å². The molecule has 4 aliphatic rings. The Morgan fingerprint density at radius 1 is 0.714 bits per heavy atom.